The van der Waals surface area contributed by atoms with Crippen LogP contribution in [0.4, 0.5) is 0 Å². The molecule has 0 aliphatic carbocycles. The van der Waals surface area contributed by atoms with Crippen molar-refractivity contribution >= 4 is 47.7 Å². The summed E-state index contributed by atoms with van der Waals surface area (Å²) in [4.78, 5) is 11.0. The van der Waals surface area contributed by atoms with E-state index in [0.717, 1.165) is 0 Å². The second-order valence-electron chi connectivity index (χ2n) is 2.53. The quantitative estimate of drug-likeness (QED) is 0.393. The van der Waals surface area contributed by atoms with Crippen LogP contribution in [0.1, 0.15) is 13.3 Å². The first kappa shape index (κ1) is 15.1. The third-order valence-electron chi connectivity index (χ3n) is 1.31. The van der Waals surface area contributed by atoms with E-state index in [9.17, 15) is 4.79 Å². The summed E-state index contributed by atoms with van der Waals surface area (Å²) in [5.41, 5.74) is 0. The average Bonchev–Trinajstić information content (AvgIpc) is 2.08. The first-order chi connectivity index (χ1) is 6.45. The number of halogens is 3. The van der Waals surface area contributed by atoms with E-state index < -0.39 is 15.0 Å². The molecule has 0 saturated heterocycles. The summed E-state index contributed by atoms with van der Waals surface area (Å²) < 4.78 is 10.2. The van der Waals surface area contributed by atoms with Gasteiger partial charge in [0.25, 0.3) is 0 Å². The zero-order valence-corrected chi connectivity index (χ0v) is 13.0. The van der Waals surface area contributed by atoms with Crippen molar-refractivity contribution in [3.8, 4) is 0 Å². The SMILES string of the molecule is CCOCCOC(=O)C[CH2][Sn]([Cl])([Cl])[Cl]. The van der Waals surface area contributed by atoms with Gasteiger partial charge >= 0.3 is 99.6 Å². The molecule has 14 heavy (non-hydrogen) atoms. The topological polar surface area (TPSA) is 35.5 Å². The van der Waals surface area contributed by atoms with Crippen molar-refractivity contribution in [1.82, 2.24) is 0 Å². The number of rotatable bonds is 7. The van der Waals surface area contributed by atoms with Gasteiger partial charge in [0.05, 0.1) is 0 Å². The molecule has 0 aromatic heterocycles. The second-order valence-corrected chi connectivity index (χ2v) is 24.3. The Morgan fingerprint density at radius 1 is 1.29 bits per heavy atom. The van der Waals surface area contributed by atoms with E-state index in [4.69, 9.17) is 36.2 Å². The number of hydrogen-bond donors (Lipinski definition) is 0. The Morgan fingerprint density at radius 3 is 2.43 bits per heavy atom. The van der Waals surface area contributed by atoms with Crippen molar-refractivity contribution in [2.75, 3.05) is 19.8 Å². The van der Waals surface area contributed by atoms with E-state index in [1.54, 1.807) is 0 Å². The fourth-order valence-corrected chi connectivity index (χ4v) is 3.97. The zero-order chi connectivity index (χ0) is 11.0. The van der Waals surface area contributed by atoms with E-state index in [1.807, 2.05) is 6.92 Å². The van der Waals surface area contributed by atoms with Gasteiger partial charge < -0.3 is 0 Å². The molecule has 0 amide bonds. The van der Waals surface area contributed by atoms with Gasteiger partial charge in [-0.25, -0.2) is 0 Å². The predicted octanol–water partition coefficient (Wildman–Crippen LogP) is 2.61. The van der Waals surface area contributed by atoms with Crippen molar-refractivity contribution < 1.29 is 14.3 Å². The summed E-state index contributed by atoms with van der Waals surface area (Å²) in [6, 6.07) is 0. The second kappa shape index (κ2) is 8.27. The summed E-state index contributed by atoms with van der Waals surface area (Å²) in [6.07, 6.45) is 0.193. The Labute approximate surface area is 99.0 Å². The minimum absolute atomic E-state index is 0.193. The van der Waals surface area contributed by atoms with Crippen molar-refractivity contribution in [1.29, 1.82) is 0 Å². The Balaban J connectivity index is 3.38. The van der Waals surface area contributed by atoms with Crippen molar-refractivity contribution in [3.05, 3.63) is 0 Å². The zero-order valence-electron chi connectivity index (χ0n) is 7.89. The Bertz CT molecular complexity index is 172. The van der Waals surface area contributed by atoms with Crippen LogP contribution in [-0.2, 0) is 14.3 Å². The molecule has 0 unspecified atom stereocenters. The third kappa shape index (κ3) is 11.2. The number of hydrogen-bond acceptors (Lipinski definition) is 3. The number of carbonyl (C=O) groups excluding carboxylic acids is 1. The maximum atomic E-state index is 11.0. The van der Waals surface area contributed by atoms with E-state index in [1.165, 1.54) is 0 Å². The predicted molar refractivity (Wildman–Crippen MR) is 60.2 cm³/mol. The molecule has 0 spiro atoms. The van der Waals surface area contributed by atoms with E-state index in [-0.39, 0.29) is 19.0 Å². The Kier molecular flexibility index (Phi) is 8.92. The summed E-state index contributed by atoms with van der Waals surface area (Å²) in [5.74, 6) is -0.326. The van der Waals surface area contributed by atoms with Crippen LogP contribution >= 0.6 is 26.8 Å². The summed E-state index contributed by atoms with van der Waals surface area (Å²) in [7, 11) is 17.0. The molecule has 0 bridgehead atoms. The number of esters is 1. The van der Waals surface area contributed by atoms with Crippen LogP contribution in [0.5, 0.6) is 0 Å². The molecule has 0 N–H and O–H groups in total. The molecule has 0 aliphatic heterocycles. The summed E-state index contributed by atoms with van der Waals surface area (Å²) in [5, 5.41) is 0. The normalized spacial score (nSPS) is 11.4. The Hall–Kier alpha value is 1.10. The van der Waals surface area contributed by atoms with Gasteiger partial charge in [-0.1, -0.05) is 0 Å². The van der Waals surface area contributed by atoms with E-state index >= 15 is 0 Å². The molecule has 0 aromatic carbocycles. The van der Waals surface area contributed by atoms with Gasteiger partial charge in [-0.2, -0.15) is 0 Å². The molecule has 0 saturated carbocycles. The molecule has 0 rings (SSSR count). The van der Waals surface area contributed by atoms with Gasteiger partial charge in [0, 0.05) is 0 Å². The first-order valence-electron chi connectivity index (χ1n) is 4.26. The van der Waals surface area contributed by atoms with Gasteiger partial charge in [0.2, 0.25) is 0 Å². The average molecular weight is 370 g/mol. The van der Waals surface area contributed by atoms with Crippen LogP contribution in [0.25, 0.3) is 0 Å². The van der Waals surface area contributed by atoms with Crippen LogP contribution in [-0.4, -0.2) is 40.8 Å². The van der Waals surface area contributed by atoms with E-state index in [0.29, 0.717) is 17.7 Å². The molecule has 0 atom stereocenters. The monoisotopic (exact) mass is 370 g/mol. The van der Waals surface area contributed by atoms with Gasteiger partial charge in [-0.3, -0.25) is 0 Å². The van der Waals surface area contributed by atoms with Gasteiger partial charge in [0.1, 0.15) is 0 Å². The standard InChI is InChI=1S/C7H13O3.3ClH.Sn/c1-3-7(8)10-6-5-9-4-2;;;;/h1,3-6H2,2H3;3*1H;/q;;;;+3/p-3. The first-order valence-corrected chi connectivity index (χ1v) is 17.1. The van der Waals surface area contributed by atoms with Crippen LogP contribution in [0.2, 0.25) is 4.44 Å². The van der Waals surface area contributed by atoms with Gasteiger partial charge in [-0.05, 0) is 0 Å². The molecule has 0 radical (unpaired) electrons. The fourth-order valence-electron chi connectivity index (χ4n) is 0.675. The molecule has 84 valence electrons. The summed E-state index contributed by atoms with van der Waals surface area (Å²) in [6.45, 7) is 3.17. The van der Waals surface area contributed by atoms with Crippen molar-refractivity contribution in [3.63, 3.8) is 0 Å². The van der Waals surface area contributed by atoms with Crippen LogP contribution < -0.4 is 0 Å². The molecule has 0 aliphatic rings. The molecule has 0 heterocycles. The van der Waals surface area contributed by atoms with Crippen LogP contribution in [0, 0.1) is 0 Å². The molecule has 7 heteroatoms. The molecular weight excluding hydrogens is 357 g/mol. The van der Waals surface area contributed by atoms with Crippen molar-refractivity contribution in [2.45, 2.75) is 17.8 Å². The van der Waals surface area contributed by atoms with Crippen LogP contribution in [0.15, 0.2) is 0 Å². The third-order valence-corrected chi connectivity index (χ3v) is 7.44. The van der Waals surface area contributed by atoms with Gasteiger partial charge in [0.15, 0.2) is 0 Å². The maximum absolute atomic E-state index is 11.0. The van der Waals surface area contributed by atoms with Crippen molar-refractivity contribution in [2.24, 2.45) is 0 Å². The summed E-state index contributed by atoms with van der Waals surface area (Å²) >= 11 is -3.36. The Morgan fingerprint density at radius 2 is 1.93 bits per heavy atom. The molecular formula is C7H13Cl3O3Sn. The van der Waals surface area contributed by atoms with E-state index in [2.05, 4.69) is 0 Å². The number of carbonyl (C=O) groups is 1. The fraction of sp³-hybridized carbons (Fsp3) is 0.857. The van der Waals surface area contributed by atoms with Gasteiger partial charge in [-0.15, -0.1) is 0 Å². The number of ether oxygens (including phenoxy) is 2. The molecule has 3 nitrogen and oxygen atoms in total. The molecule has 0 aromatic rings. The van der Waals surface area contributed by atoms with Crippen LogP contribution in [0.3, 0.4) is 0 Å². The molecule has 0 fully saturated rings. The minimum atomic E-state index is -3.36.